The lowest BCUT2D eigenvalue weighted by Gasteiger charge is -2.31. The van der Waals surface area contributed by atoms with E-state index in [1.54, 1.807) is 0 Å². The summed E-state index contributed by atoms with van der Waals surface area (Å²) >= 11 is 0. The fourth-order valence-corrected chi connectivity index (χ4v) is 2.22. The number of nitro groups is 1. The van der Waals surface area contributed by atoms with Crippen molar-refractivity contribution in [2.45, 2.75) is 13.0 Å². The van der Waals surface area contributed by atoms with Crippen LogP contribution in [-0.4, -0.2) is 55.1 Å². The highest BCUT2D eigenvalue weighted by atomic mass is 16.6. The van der Waals surface area contributed by atoms with Gasteiger partial charge in [0.05, 0.1) is 11.5 Å². The Kier molecular flexibility index (Phi) is 5.24. The first-order chi connectivity index (χ1) is 10.1. The van der Waals surface area contributed by atoms with Crippen molar-refractivity contribution in [3.8, 4) is 5.75 Å². The molecule has 0 saturated carbocycles. The lowest BCUT2D eigenvalue weighted by molar-refractivity contribution is -0.386. The average Bonchev–Trinajstić information content (AvgIpc) is 2.52. The molecule has 1 fully saturated rings. The predicted molar refractivity (Wildman–Crippen MR) is 75.8 cm³/mol. The van der Waals surface area contributed by atoms with Gasteiger partial charge in [-0.15, -0.1) is 0 Å². The third-order valence-corrected chi connectivity index (χ3v) is 3.41. The van der Waals surface area contributed by atoms with Crippen molar-refractivity contribution in [1.29, 1.82) is 0 Å². The smallest absolute Gasteiger partial charge is 0.311 e. The number of nitro benzene ring substituents is 1. The van der Waals surface area contributed by atoms with Gasteiger partial charge in [0, 0.05) is 24.7 Å². The van der Waals surface area contributed by atoms with E-state index in [9.17, 15) is 14.9 Å². The van der Waals surface area contributed by atoms with Crippen molar-refractivity contribution in [3.05, 3.63) is 33.9 Å². The summed E-state index contributed by atoms with van der Waals surface area (Å²) in [6, 6.07) is 4.15. The molecule has 1 saturated heterocycles. The Bertz CT molecular complexity index is 520. The van der Waals surface area contributed by atoms with Gasteiger partial charge in [0.1, 0.15) is 19.0 Å². The van der Waals surface area contributed by atoms with Crippen LogP contribution in [0.25, 0.3) is 0 Å². The van der Waals surface area contributed by atoms with Crippen molar-refractivity contribution in [2.24, 2.45) is 0 Å². The largest absolute Gasteiger partial charge is 0.484 e. The number of nitrogens with zero attached hydrogens (tertiary/aromatic N) is 2. The number of ether oxygens (including phenoxy) is 2. The molecule has 1 aliphatic heterocycles. The molecule has 7 nitrogen and oxygen atoms in total. The average molecular weight is 294 g/mol. The first-order valence-corrected chi connectivity index (χ1v) is 6.84. The van der Waals surface area contributed by atoms with Crippen LogP contribution in [0, 0.1) is 10.1 Å². The Balaban J connectivity index is 2.02. The molecule has 2 rings (SSSR count). The minimum atomic E-state index is -0.553. The molecule has 1 heterocycles. The molecule has 0 amide bonds. The number of hydrogen-bond donors (Lipinski definition) is 0. The second-order valence-corrected chi connectivity index (χ2v) is 4.80. The standard InChI is InChI=1S/C14H18N2O5/c1-2-15-5-6-20-12(8-15)10-21-14-4-3-11(9-17)7-13(14)16(18)19/h3-4,7,9,12H,2,5-6,8,10H2,1H3. The van der Waals surface area contributed by atoms with Crippen molar-refractivity contribution in [3.63, 3.8) is 0 Å². The van der Waals surface area contributed by atoms with E-state index in [-0.39, 0.29) is 29.7 Å². The van der Waals surface area contributed by atoms with Gasteiger partial charge in [-0.05, 0) is 18.7 Å². The van der Waals surface area contributed by atoms with Gasteiger partial charge in [-0.2, -0.15) is 0 Å². The molecule has 0 aromatic heterocycles. The van der Waals surface area contributed by atoms with Crippen LogP contribution in [0.4, 0.5) is 5.69 Å². The van der Waals surface area contributed by atoms with Crippen LogP contribution >= 0.6 is 0 Å². The van der Waals surface area contributed by atoms with Gasteiger partial charge < -0.3 is 9.47 Å². The van der Waals surface area contributed by atoms with Crippen LogP contribution in [0.5, 0.6) is 5.75 Å². The van der Waals surface area contributed by atoms with Crippen molar-refractivity contribution < 1.29 is 19.2 Å². The first-order valence-electron chi connectivity index (χ1n) is 6.84. The first kappa shape index (κ1) is 15.4. The molecule has 0 bridgehead atoms. The number of likely N-dealkylation sites (N-methyl/N-ethyl adjacent to an activating group) is 1. The summed E-state index contributed by atoms with van der Waals surface area (Å²) in [5.41, 5.74) is 0.0443. The number of hydrogen-bond acceptors (Lipinski definition) is 6. The van der Waals surface area contributed by atoms with Gasteiger partial charge in [-0.25, -0.2) is 0 Å². The van der Waals surface area contributed by atoms with Crippen molar-refractivity contribution in [2.75, 3.05) is 32.8 Å². The lowest BCUT2D eigenvalue weighted by atomic mass is 10.2. The van der Waals surface area contributed by atoms with Gasteiger partial charge in [-0.1, -0.05) is 6.92 Å². The molecule has 114 valence electrons. The third-order valence-electron chi connectivity index (χ3n) is 3.41. The summed E-state index contributed by atoms with van der Waals surface area (Å²) < 4.78 is 11.1. The molecule has 1 atom stereocenters. The normalized spacial score (nSPS) is 19.2. The quantitative estimate of drug-likeness (QED) is 0.449. The van der Waals surface area contributed by atoms with Gasteiger partial charge in [0.2, 0.25) is 0 Å². The molecular formula is C14H18N2O5. The molecule has 0 N–H and O–H groups in total. The van der Waals surface area contributed by atoms with Gasteiger partial charge in [-0.3, -0.25) is 19.8 Å². The Morgan fingerprint density at radius 2 is 2.38 bits per heavy atom. The summed E-state index contributed by atoms with van der Waals surface area (Å²) in [6.07, 6.45) is 0.462. The maximum atomic E-state index is 11.0. The monoisotopic (exact) mass is 294 g/mol. The Hall–Kier alpha value is -1.99. The number of benzene rings is 1. The molecule has 0 spiro atoms. The van der Waals surface area contributed by atoms with E-state index in [0.717, 1.165) is 19.6 Å². The second kappa shape index (κ2) is 7.14. The second-order valence-electron chi connectivity index (χ2n) is 4.80. The topological polar surface area (TPSA) is 81.9 Å². The van der Waals surface area contributed by atoms with E-state index in [1.165, 1.54) is 18.2 Å². The Labute approximate surface area is 122 Å². The zero-order chi connectivity index (χ0) is 15.2. The predicted octanol–water partition coefficient (Wildman–Crippen LogP) is 1.51. The Morgan fingerprint density at radius 3 is 3.05 bits per heavy atom. The van der Waals surface area contributed by atoms with E-state index in [2.05, 4.69) is 11.8 Å². The van der Waals surface area contributed by atoms with Crippen LogP contribution in [-0.2, 0) is 4.74 Å². The molecule has 7 heteroatoms. The summed E-state index contributed by atoms with van der Waals surface area (Å²) in [7, 11) is 0. The fourth-order valence-electron chi connectivity index (χ4n) is 2.22. The van der Waals surface area contributed by atoms with E-state index in [1.807, 2.05) is 0 Å². The van der Waals surface area contributed by atoms with Gasteiger partial charge in [0.15, 0.2) is 5.75 Å². The number of rotatable bonds is 6. The number of carbonyl (C=O) groups excluding carboxylic acids is 1. The maximum Gasteiger partial charge on any atom is 0.311 e. The van der Waals surface area contributed by atoms with Crippen LogP contribution < -0.4 is 4.74 Å². The third kappa shape index (κ3) is 3.99. The number of carbonyl (C=O) groups is 1. The Morgan fingerprint density at radius 1 is 1.57 bits per heavy atom. The molecule has 1 unspecified atom stereocenters. The highest BCUT2D eigenvalue weighted by Crippen LogP contribution is 2.27. The van der Waals surface area contributed by atoms with Crippen LogP contribution in [0.1, 0.15) is 17.3 Å². The molecule has 1 aromatic carbocycles. The SMILES string of the molecule is CCN1CCOC(COc2ccc(C=O)cc2[N+](=O)[O-])C1. The minimum Gasteiger partial charge on any atom is -0.484 e. The maximum absolute atomic E-state index is 11.0. The highest BCUT2D eigenvalue weighted by Gasteiger charge is 2.22. The molecular weight excluding hydrogens is 276 g/mol. The van der Waals surface area contributed by atoms with E-state index in [0.29, 0.717) is 12.9 Å². The van der Waals surface area contributed by atoms with Crippen molar-refractivity contribution in [1.82, 2.24) is 4.90 Å². The van der Waals surface area contributed by atoms with Gasteiger partial charge in [0.25, 0.3) is 0 Å². The van der Waals surface area contributed by atoms with E-state index >= 15 is 0 Å². The van der Waals surface area contributed by atoms with Crippen LogP contribution in [0.3, 0.4) is 0 Å². The molecule has 1 aliphatic rings. The summed E-state index contributed by atoms with van der Waals surface area (Å²) in [5, 5.41) is 11.0. The van der Waals surface area contributed by atoms with E-state index in [4.69, 9.17) is 9.47 Å². The minimum absolute atomic E-state index is 0.107. The summed E-state index contributed by atoms with van der Waals surface area (Å²) in [6.45, 7) is 5.53. The zero-order valence-corrected chi connectivity index (χ0v) is 11.9. The number of aldehydes is 1. The fraction of sp³-hybridized carbons (Fsp3) is 0.500. The summed E-state index contributed by atoms with van der Waals surface area (Å²) in [4.78, 5) is 23.4. The van der Waals surface area contributed by atoms with E-state index < -0.39 is 4.92 Å². The molecule has 21 heavy (non-hydrogen) atoms. The molecule has 0 aliphatic carbocycles. The highest BCUT2D eigenvalue weighted by molar-refractivity contribution is 5.77. The molecule has 0 radical (unpaired) electrons. The van der Waals surface area contributed by atoms with Gasteiger partial charge >= 0.3 is 5.69 Å². The van der Waals surface area contributed by atoms with Crippen LogP contribution in [0.2, 0.25) is 0 Å². The molecule has 1 aromatic rings. The zero-order valence-electron chi connectivity index (χ0n) is 11.9. The summed E-state index contributed by atoms with van der Waals surface area (Å²) in [5.74, 6) is 0.155. The lowest BCUT2D eigenvalue weighted by Crippen LogP contribution is -2.44. The number of morpholine rings is 1. The van der Waals surface area contributed by atoms with Crippen molar-refractivity contribution >= 4 is 12.0 Å². The van der Waals surface area contributed by atoms with Crippen LogP contribution in [0.15, 0.2) is 18.2 Å².